The Hall–Kier alpha value is -1.80. The van der Waals surface area contributed by atoms with E-state index in [4.69, 9.17) is 0 Å². The molecule has 0 heterocycles. The predicted octanol–water partition coefficient (Wildman–Crippen LogP) is 0.951. The highest BCUT2D eigenvalue weighted by molar-refractivity contribution is 7.91. The summed E-state index contributed by atoms with van der Waals surface area (Å²) in [6, 6.07) is 7.56. The molecule has 110 valence electrons. The molecular weight excluding hydrogens is 282 g/mol. The molecule has 1 amide bonds. The van der Waals surface area contributed by atoms with Gasteiger partial charge < -0.3 is 10.1 Å². The van der Waals surface area contributed by atoms with Crippen LogP contribution in [0.5, 0.6) is 0 Å². The van der Waals surface area contributed by atoms with Crippen molar-refractivity contribution in [1.82, 2.24) is 10.0 Å². The highest BCUT2D eigenvalue weighted by atomic mass is 32.2. The number of nitrogens with one attached hydrogen (secondary N) is 3. The van der Waals surface area contributed by atoms with Crippen molar-refractivity contribution in [1.29, 1.82) is 0 Å². The maximum atomic E-state index is 11.6. The fraction of sp³-hybridized carbons (Fsp3) is 0.417. The molecule has 1 saturated carbocycles. The Bertz CT molecular complexity index is 584. The summed E-state index contributed by atoms with van der Waals surface area (Å²) in [6.45, 7) is 0.685. The number of hydrogen-bond acceptors (Lipinski definition) is 5. The zero-order chi connectivity index (χ0) is 14.6. The third-order valence-electron chi connectivity index (χ3n) is 2.75. The number of amides is 1. The summed E-state index contributed by atoms with van der Waals surface area (Å²) in [7, 11) is -2.88. The highest BCUT2D eigenvalue weighted by Gasteiger charge is 2.20. The maximum absolute atomic E-state index is 11.6. The number of carbonyl (C=O) groups excluding carboxylic acids is 1. The number of hydrogen-bond donors (Lipinski definition) is 3. The lowest BCUT2D eigenvalue weighted by molar-refractivity contribution is 0.177. The van der Waals surface area contributed by atoms with E-state index in [0.717, 1.165) is 12.7 Å². The van der Waals surface area contributed by atoms with Crippen molar-refractivity contribution in [2.45, 2.75) is 25.4 Å². The van der Waals surface area contributed by atoms with E-state index in [9.17, 15) is 13.2 Å². The molecule has 1 aromatic rings. The van der Waals surface area contributed by atoms with Crippen molar-refractivity contribution in [2.24, 2.45) is 0 Å². The van der Waals surface area contributed by atoms with Crippen LogP contribution in [-0.4, -0.2) is 27.7 Å². The number of methoxy groups -OCH3 is 1. The van der Waals surface area contributed by atoms with Crippen LogP contribution in [0.3, 0.4) is 0 Å². The Kier molecular flexibility index (Phi) is 4.46. The average Bonchev–Trinajstić information content (AvgIpc) is 3.19. The summed E-state index contributed by atoms with van der Waals surface area (Å²) in [5.41, 5.74) is 1.35. The van der Waals surface area contributed by atoms with Gasteiger partial charge in [-0.05, 0) is 30.5 Å². The van der Waals surface area contributed by atoms with Gasteiger partial charge in [-0.2, -0.15) is 8.42 Å². The second-order valence-electron chi connectivity index (χ2n) is 4.55. The second-order valence-corrected chi connectivity index (χ2v) is 5.97. The number of anilines is 1. The standard InChI is InChI=1S/C12H17N3O4S/c1-19-12(16)15-20(17,18)14-11-4-2-3-9(7-11)8-13-10-5-6-10/h2-4,7,10,13-14H,5-6,8H2,1H3,(H,15,16). The summed E-state index contributed by atoms with van der Waals surface area (Å²) in [5.74, 6) is 0. The minimum Gasteiger partial charge on any atom is -0.452 e. The van der Waals surface area contributed by atoms with E-state index < -0.39 is 16.3 Å². The third kappa shape index (κ3) is 4.71. The minimum atomic E-state index is -3.98. The first-order valence-corrected chi connectivity index (χ1v) is 7.67. The molecule has 1 aromatic carbocycles. The van der Waals surface area contributed by atoms with Gasteiger partial charge in [0.2, 0.25) is 0 Å². The van der Waals surface area contributed by atoms with Gasteiger partial charge in [0.1, 0.15) is 0 Å². The number of ether oxygens (including phenoxy) is 1. The molecule has 8 heteroatoms. The Morgan fingerprint density at radius 2 is 2.15 bits per heavy atom. The third-order valence-corrected chi connectivity index (χ3v) is 3.69. The van der Waals surface area contributed by atoms with Crippen LogP contribution in [0.4, 0.5) is 10.5 Å². The molecule has 1 aliphatic rings. The van der Waals surface area contributed by atoms with Crippen molar-refractivity contribution in [2.75, 3.05) is 11.8 Å². The summed E-state index contributed by atoms with van der Waals surface area (Å²) in [4.78, 5) is 10.9. The van der Waals surface area contributed by atoms with Crippen LogP contribution in [0.2, 0.25) is 0 Å². The fourth-order valence-corrected chi connectivity index (χ4v) is 2.42. The number of benzene rings is 1. The van der Waals surface area contributed by atoms with E-state index >= 15 is 0 Å². The largest absolute Gasteiger partial charge is 0.452 e. The zero-order valence-electron chi connectivity index (χ0n) is 11.0. The molecule has 2 rings (SSSR count). The van der Waals surface area contributed by atoms with Gasteiger partial charge in [-0.25, -0.2) is 9.52 Å². The molecule has 1 fully saturated rings. The number of rotatable bonds is 6. The molecule has 20 heavy (non-hydrogen) atoms. The van der Waals surface area contributed by atoms with Crippen LogP contribution in [0.1, 0.15) is 18.4 Å². The van der Waals surface area contributed by atoms with Gasteiger partial charge >= 0.3 is 16.3 Å². The Balaban J connectivity index is 1.97. The van der Waals surface area contributed by atoms with Crippen LogP contribution in [0, 0.1) is 0 Å². The van der Waals surface area contributed by atoms with E-state index in [1.165, 1.54) is 12.8 Å². The van der Waals surface area contributed by atoms with Gasteiger partial charge in [-0.15, -0.1) is 0 Å². The van der Waals surface area contributed by atoms with Gasteiger partial charge in [-0.1, -0.05) is 12.1 Å². The Morgan fingerprint density at radius 1 is 1.40 bits per heavy atom. The van der Waals surface area contributed by atoms with Crippen LogP contribution >= 0.6 is 0 Å². The molecule has 3 N–H and O–H groups in total. The Labute approximate surface area is 117 Å². The van der Waals surface area contributed by atoms with Gasteiger partial charge in [0.15, 0.2) is 0 Å². The van der Waals surface area contributed by atoms with Gasteiger partial charge in [-0.3, -0.25) is 4.72 Å². The van der Waals surface area contributed by atoms with Crippen LogP contribution in [0.25, 0.3) is 0 Å². The molecule has 0 aromatic heterocycles. The predicted molar refractivity (Wildman–Crippen MR) is 74.4 cm³/mol. The molecule has 7 nitrogen and oxygen atoms in total. The summed E-state index contributed by atoms with van der Waals surface area (Å²) in [6.07, 6.45) is 1.34. The average molecular weight is 299 g/mol. The smallest absolute Gasteiger partial charge is 0.422 e. The summed E-state index contributed by atoms with van der Waals surface area (Å²) in [5, 5.41) is 3.34. The van der Waals surface area contributed by atoms with Gasteiger partial charge in [0.05, 0.1) is 12.8 Å². The topological polar surface area (TPSA) is 96.5 Å². The lowest BCUT2D eigenvalue weighted by atomic mass is 10.2. The monoisotopic (exact) mass is 299 g/mol. The highest BCUT2D eigenvalue weighted by Crippen LogP contribution is 2.20. The normalized spacial score (nSPS) is 14.7. The molecule has 0 bridgehead atoms. The van der Waals surface area contributed by atoms with Crippen LogP contribution < -0.4 is 14.8 Å². The van der Waals surface area contributed by atoms with Crippen molar-refractivity contribution in [3.8, 4) is 0 Å². The molecule has 0 atom stereocenters. The van der Waals surface area contributed by atoms with E-state index in [1.54, 1.807) is 22.9 Å². The van der Waals surface area contributed by atoms with Gasteiger partial charge in [0, 0.05) is 12.6 Å². The first kappa shape index (κ1) is 14.6. The minimum absolute atomic E-state index is 0.386. The van der Waals surface area contributed by atoms with Crippen LogP contribution in [-0.2, 0) is 21.5 Å². The first-order valence-electron chi connectivity index (χ1n) is 6.19. The van der Waals surface area contributed by atoms with E-state index in [-0.39, 0.29) is 0 Å². The SMILES string of the molecule is COC(=O)NS(=O)(=O)Nc1cccc(CNC2CC2)c1. The molecule has 0 saturated heterocycles. The first-order chi connectivity index (χ1) is 9.48. The Morgan fingerprint density at radius 3 is 2.80 bits per heavy atom. The van der Waals surface area contributed by atoms with E-state index in [1.807, 2.05) is 6.07 Å². The van der Waals surface area contributed by atoms with Crippen molar-refractivity contribution in [3.05, 3.63) is 29.8 Å². The summed E-state index contributed by atoms with van der Waals surface area (Å²) < 4.78 is 31.5. The second kappa shape index (κ2) is 6.10. The molecule has 0 radical (unpaired) electrons. The van der Waals surface area contributed by atoms with Crippen molar-refractivity contribution >= 4 is 22.0 Å². The lowest BCUT2D eigenvalue weighted by Gasteiger charge is -2.10. The summed E-state index contributed by atoms with van der Waals surface area (Å²) >= 11 is 0. The fourth-order valence-electron chi connectivity index (χ4n) is 1.63. The lowest BCUT2D eigenvalue weighted by Crippen LogP contribution is -2.35. The molecular formula is C12H17N3O4S. The van der Waals surface area contributed by atoms with Crippen LogP contribution in [0.15, 0.2) is 24.3 Å². The van der Waals surface area contributed by atoms with E-state index in [2.05, 4.69) is 14.8 Å². The molecule has 1 aliphatic carbocycles. The molecule has 0 aliphatic heterocycles. The quantitative estimate of drug-likeness (QED) is 0.727. The molecule has 0 spiro atoms. The van der Waals surface area contributed by atoms with Crippen molar-refractivity contribution < 1.29 is 17.9 Å². The number of carbonyl (C=O) groups is 1. The van der Waals surface area contributed by atoms with Gasteiger partial charge in [0.25, 0.3) is 0 Å². The van der Waals surface area contributed by atoms with E-state index in [0.29, 0.717) is 18.3 Å². The van der Waals surface area contributed by atoms with Crippen molar-refractivity contribution in [3.63, 3.8) is 0 Å². The molecule has 0 unspecified atom stereocenters. The maximum Gasteiger partial charge on any atom is 0.422 e. The zero-order valence-corrected chi connectivity index (χ0v) is 11.9.